The third kappa shape index (κ3) is 7.30. The number of ether oxygens (including phenoxy) is 2. The monoisotopic (exact) mass is 786 g/mol. The molecule has 0 aromatic heterocycles. The summed E-state index contributed by atoms with van der Waals surface area (Å²) in [5, 5.41) is 0. The first-order chi connectivity index (χ1) is 21.5. The van der Waals surface area contributed by atoms with E-state index in [-0.39, 0.29) is 68.9 Å². The number of likely N-dealkylation sites (tertiary alicyclic amines) is 2. The highest BCUT2D eigenvalue weighted by Gasteiger charge is 2.68. The van der Waals surface area contributed by atoms with Crippen molar-refractivity contribution in [3.05, 3.63) is 0 Å². The van der Waals surface area contributed by atoms with Gasteiger partial charge >= 0.3 is 11.9 Å². The lowest BCUT2D eigenvalue weighted by Crippen LogP contribution is -3.00. The van der Waals surface area contributed by atoms with Gasteiger partial charge in [-0.05, 0) is 113 Å². The van der Waals surface area contributed by atoms with Crippen molar-refractivity contribution >= 4 is 11.9 Å². The lowest BCUT2D eigenvalue weighted by molar-refractivity contribution is -0.943. The van der Waals surface area contributed by atoms with Crippen LogP contribution in [0.5, 0.6) is 0 Å². The first-order valence-corrected chi connectivity index (χ1v) is 19.5. The van der Waals surface area contributed by atoms with E-state index in [4.69, 9.17) is 9.47 Å². The van der Waals surface area contributed by atoms with Crippen molar-refractivity contribution in [2.75, 3.05) is 40.3 Å². The molecule has 6 nitrogen and oxygen atoms in total. The zero-order chi connectivity index (χ0) is 32.0. The number of hydrogen-bond donors (Lipinski definition) is 0. The van der Waals surface area contributed by atoms with Crippen LogP contribution >= 0.6 is 0 Å². The van der Waals surface area contributed by atoms with Gasteiger partial charge in [-0.1, -0.05) is 27.7 Å². The van der Waals surface area contributed by atoms with Gasteiger partial charge in [0.25, 0.3) is 0 Å². The predicted molar refractivity (Wildman–Crippen MR) is 179 cm³/mol. The van der Waals surface area contributed by atoms with Gasteiger partial charge in [-0.15, -0.1) is 0 Å². The molecule has 0 aromatic carbocycles. The van der Waals surface area contributed by atoms with E-state index in [2.05, 4.69) is 41.8 Å². The summed E-state index contributed by atoms with van der Waals surface area (Å²) in [4.78, 5) is 26.1. The van der Waals surface area contributed by atoms with Gasteiger partial charge < -0.3 is 52.4 Å². The van der Waals surface area contributed by atoms with Crippen molar-refractivity contribution in [2.45, 2.75) is 161 Å². The number of halogens is 2. The second-order valence-corrected chi connectivity index (χ2v) is 17.9. The summed E-state index contributed by atoms with van der Waals surface area (Å²) in [7, 11) is 4.99. The summed E-state index contributed by atoms with van der Waals surface area (Å²) in [5.74, 6) is 2.76. The fourth-order valence-corrected chi connectivity index (χ4v) is 12.7. The average Bonchev–Trinajstić information content (AvgIpc) is 3.31. The van der Waals surface area contributed by atoms with Crippen molar-refractivity contribution in [1.29, 1.82) is 0 Å². The number of hydrogen-bond acceptors (Lipinski definition) is 4. The first-order valence-electron chi connectivity index (χ1n) is 19.5. The number of esters is 2. The molecule has 10 atom stereocenters. The lowest BCUT2D eigenvalue weighted by Gasteiger charge is -2.63. The third-order valence-electron chi connectivity index (χ3n) is 15.3. The Bertz CT molecular complexity index is 1080. The van der Waals surface area contributed by atoms with Gasteiger partial charge in [-0.2, -0.15) is 0 Å². The highest BCUT2D eigenvalue weighted by molar-refractivity contribution is 5.70. The largest absolute Gasteiger partial charge is 1.00 e. The Hall–Kier alpha value is -0.180. The minimum Gasteiger partial charge on any atom is -1.00 e. The highest BCUT2D eigenvalue weighted by atomic mass is 79.9. The Balaban J connectivity index is 0.00000250. The van der Waals surface area contributed by atoms with Gasteiger partial charge in [-0.3, -0.25) is 9.59 Å². The molecule has 0 N–H and O–H groups in total. The molecule has 0 amide bonds. The number of piperidine rings is 2. The predicted octanol–water partition coefficient (Wildman–Crippen LogP) is 1.68. The molecule has 4 aliphatic carbocycles. The van der Waals surface area contributed by atoms with Crippen LogP contribution in [0.15, 0.2) is 0 Å². The van der Waals surface area contributed by atoms with Crippen LogP contribution in [0.25, 0.3) is 0 Å². The van der Waals surface area contributed by atoms with Crippen LogP contribution in [0.4, 0.5) is 0 Å². The topological polar surface area (TPSA) is 52.6 Å². The molecule has 4 saturated carbocycles. The Kier molecular flexibility index (Phi) is 13.1. The molecule has 272 valence electrons. The van der Waals surface area contributed by atoms with E-state index in [0.717, 1.165) is 34.1 Å². The van der Waals surface area contributed by atoms with E-state index in [0.29, 0.717) is 42.7 Å². The molecule has 2 saturated heterocycles. The molecule has 0 radical (unpaired) electrons. The van der Waals surface area contributed by atoms with Gasteiger partial charge in [0.1, 0.15) is 12.1 Å². The molecular formula is C39H68Br2N2O4. The first kappa shape index (κ1) is 39.6. The average molecular weight is 789 g/mol. The molecule has 2 aliphatic heterocycles. The van der Waals surface area contributed by atoms with Crippen LogP contribution in [-0.2, 0) is 19.1 Å². The fourth-order valence-electron chi connectivity index (χ4n) is 12.7. The lowest BCUT2D eigenvalue weighted by atomic mass is 9.44. The van der Waals surface area contributed by atoms with Gasteiger partial charge in [0.2, 0.25) is 0 Å². The van der Waals surface area contributed by atoms with Gasteiger partial charge in [0.15, 0.2) is 12.2 Å². The Labute approximate surface area is 308 Å². The van der Waals surface area contributed by atoms with Crippen LogP contribution < -0.4 is 34.0 Å². The number of quaternary nitrogens is 2. The van der Waals surface area contributed by atoms with E-state index >= 15 is 0 Å². The maximum Gasteiger partial charge on any atom is 0.306 e. The van der Waals surface area contributed by atoms with E-state index in [9.17, 15) is 9.59 Å². The molecular weight excluding hydrogens is 720 g/mol. The second-order valence-electron chi connectivity index (χ2n) is 17.9. The maximum atomic E-state index is 13.2. The minimum atomic E-state index is 0. The van der Waals surface area contributed by atoms with Crippen LogP contribution in [-0.4, -0.2) is 85.5 Å². The zero-order valence-corrected chi connectivity index (χ0v) is 33.9. The van der Waals surface area contributed by atoms with Crippen LogP contribution in [0.3, 0.4) is 0 Å². The molecule has 8 heteroatoms. The van der Waals surface area contributed by atoms with Gasteiger partial charge in [0.05, 0.1) is 40.3 Å². The fraction of sp³-hybridized carbons (Fsp3) is 0.949. The summed E-state index contributed by atoms with van der Waals surface area (Å²) in [6.07, 6.45) is 19.3. The molecule has 0 spiro atoms. The Morgan fingerprint density at radius 2 is 1.23 bits per heavy atom. The maximum absolute atomic E-state index is 13.2. The van der Waals surface area contributed by atoms with Gasteiger partial charge in [0, 0.05) is 31.1 Å². The van der Waals surface area contributed by atoms with E-state index in [1.807, 2.05) is 0 Å². The number of likely N-dealkylation sites (N-methyl/N-ethyl adjacent to an activating group) is 2. The number of carbonyl (C=O) groups excluding carboxylic acids is 2. The summed E-state index contributed by atoms with van der Waals surface area (Å²) in [6, 6.07) is 0.848. The standard InChI is InChI=1S/C39H68N2O4.2BrH/c1-7-15-35(42)44-34-25-28-17-18-29-30(39(28,4)27-33(34)41(6)23-13-10-14-24-41)19-20-38(3)31(29)26-32(37(38)45-36(43)16-8-2)40(5)21-11-9-12-22-40;;/h28-34,37H,7-27H2,1-6H3;2*1H/q+2;;/p-2/t28-,29+,30-,31-,32-,33-,34-,37-,38-,39-;;/m0../s1. The number of nitrogens with zero attached hydrogens (tertiary/aromatic N) is 2. The SMILES string of the molecule is CCCC(=O)O[C@H]1C[C@@H]2CC[C@@H]3[C@H](CC[C@@]4(C)[C@H]3C[C@H]([N+]3(C)CCCCC3)[C@@H]4OC(=O)CCC)[C@@]2(C)C[C@@H]1[N+]1(C)CCCCC1.[Br-].[Br-]. The minimum absolute atomic E-state index is 0. The molecule has 0 aromatic rings. The molecule has 0 unspecified atom stereocenters. The summed E-state index contributed by atoms with van der Waals surface area (Å²) >= 11 is 0. The van der Waals surface area contributed by atoms with E-state index in [1.54, 1.807) is 0 Å². The molecule has 6 aliphatic rings. The highest BCUT2D eigenvalue weighted by Crippen LogP contribution is 2.68. The number of rotatable bonds is 8. The molecule has 6 fully saturated rings. The summed E-state index contributed by atoms with van der Waals surface area (Å²) in [5.41, 5.74) is 0.367. The molecule has 2 heterocycles. The molecule has 0 bridgehead atoms. The second kappa shape index (κ2) is 15.6. The van der Waals surface area contributed by atoms with Crippen molar-refractivity contribution in [2.24, 2.45) is 34.5 Å². The van der Waals surface area contributed by atoms with E-state index < -0.39 is 0 Å². The van der Waals surface area contributed by atoms with Crippen LogP contribution in [0.1, 0.15) is 137 Å². The number of fused-ring (bicyclic) bond motifs is 5. The molecule has 6 rings (SSSR count). The van der Waals surface area contributed by atoms with Gasteiger partial charge in [-0.25, -0.2) is 0 Å². The van der Waals surface area contributed by atoms with Crippen LogP contribution in [0.2, 0.25) is 0 Å². The third-order valence-corrected chi connectivity index (χ3v) is 15.3. The van der Waals surface area contributed by atoms with E-state index in [1.165, 1.54) is 103 Å². The Morgan fingerprint density at radius 3 is 1.81 bits per heavy atom. The number of carbonyl (C=O) groups is 2. The zero-order valence-electron chi connectivity index (χ0n) is 30.8. The quantitative estimate of drug-likeness (QED) is 0.278. The van der Waals surface area contributed by atoms with Crippen molar-refractivity contribution in [1.82, 2.24) is 0 Å². The Morgan fingerprint density at radius 1 is 0.681 bits per heavy atom. The van der Waals surface area contributed by atoms with Crippen molar-refractivity contribution in [3.63, 3.8) is 0 Å². The summed E-state index contributed by atoms with van der Waals surface area (Å²) in [6.45, 7) is 14.3. The molecule has 47 heavy (non-hydrogen) atoms. The summed E-state index contributed by atoms with van der Waals surface area (Å²) < 4.78 is 15.3. The van der Waals surface area contributed by atoms with Crippen LogP contribution in [0, 0.1) is 34.5 Å². The normalized spacial score (nSPS) is 41.9. The van der Waals surface area contributed by atoms with Crippen molar-refractivity contribution < 1.29 is 62.0 Å². The van der Waals surface area contributed by atoms with Crippen molar-refractivity contribution in [3.8, 4) is 0 Å². The smallest absolute Gasteiger partial charge is 0.306 e.